The molecule has 0 amide bonds. The highest BCUT2D eigenvalue weighted by atomic mass is 32.2. The number of rotatable bonds is 3. The molecule has 0 fully saturated rings. The Bertz CT molecular complexity index is 483. The van der Waals surface area contributed by atoms with E-state index in [0.717, 1.165) is 5.56 Å². The average molecular weight is 224 g/mol. The van der Waals surface area contributed by atoms with E-state index < -0.39 is 9.84 Å². The van der Waals surface area contributed by atoms with Crippen LogP contribution in [0.3, 0.4) is 0 Å². The zero-order chi connectivity index (χ0) is 11.5. The van der Waals surface area contributed by atoms with Gasteiger partial charge in [0.2, 0.25) is 0 Å². The molecule has 0 heterocycles. The summed E-state index contributed by atoms with van der Waals surface area (Å²) in [5.41, 5.74) is 9.79. The van der Waals surface area contributed by atoms with Crippen LogP contribution in [0, 0.1) is 0 Å². The minimum Gasteiger partial charge on any atom is -0.361 e. The Hall–Kier alpha value is -1.45. The third-order valence-corrected chi connectivity index (χ3v) is 3.36. The first-order chi connectivity index (χ1) is 6.97. The summed E-state index contributed by atoms with van der Waals surface area (Å²) in [5, 5.41) is 0. The molecule has 0 spiro atoms. The van der Waals surface area contributed by atoms with E-state index in [4.69, 9.17) is 5.53 Å². The predicted molar refractivity (Wildman–Crippen MR) is 57.4 cm³/mol. The zero-order valence-corrected chi connectivity index (χ0v) is 9.40. The molecule has 5 heteroatoms. The van der Waals surface area contributed by atoms with Crippen molar-refractivity contribution in [1.29, 1.82) is 0 Å². The third kappa shape index (κ3) is 2.75. The van der Waals surface area contributed by atoms with Crippen molar-refractivity contribution in [2.45, 2.75) is 24.7 Å². The molecule has 1 rings (SSSR count). The smallest absolute Gasteiger partial charge is 0.361 e. The normalized spacial score (nSPS) is 11.1. The molecule has 0 aliphatic heterocycles. The number of hydrogen-bond acceptors (Lipinski definition) is 2. The minimum absolute atomic E-state index is 0.129. The minimum atomic E-state index is -3.59. The van der Waals surface area contributed by atoms with Crippen molar-refractivity contribution in [3.8, 4) is 0 Å². The lowest BCUT2D eigenvalue weighted by molar-refractivity contribution is 0.00754. The van der Waals surface area contributed by atoms with Crippen molar-refractivity contribution in [2.24, 2.45) is 0 Å². The van der Waals surface area contributed by atoms with Gasteiger partial charge in [-0.05, 0) is 23.6 Å². The summed E-state index contributed by atoms with van der Waals surface area (Å²) in [6, 6.07) is 6.52. The second kappa shape index (κ2) is 4.38. The van der Waals surface area contributed by atoms with Gasteiger partial charge in [0.1, 0.15) is 0 Å². The highest BCUT2D eigenvalue weighted by molar-refractivity contribution is 8.04. The van der Waals surface area contributed by atoms with Gasteiger partial charge in [-0.15, -0.1) is 0 Å². The van der Waals surface area contributed by atoms with Gasteiger partial charge in [0, 0.05) is 0 Å². The van der Waals surface area contributed by atoms with Crippen LogP contribution in [-0.4, -0.2) is 18.8 Å². The van der Waals surface area contributed by atoms with Crippen molar-refractivity contribution in [1.82, 2.24) is 0 Å². The van der Waals surface area contributed by atoms with Crippen molar-refractivity contribution in [2.75, 3.05) is 0 Å². The maximum Gasteiger partial charge on any atom is 0.374 e. The van der Waals surface area contributed by atoms with Crippen LogP contribution < -0.4 is 0 Å². The summed E-state index contributed by atoms with van der Waals surface area (Å²) >= 11 is 0. The van der Waals surface area contributed by atoms with Crippen molar-refractivity contribution >= 4 is 15.4 Å². The molecule has 80 valence electrons. The Morgan fingerprint density at radius 1 is 1.27 bits per heavy atom. The van der Waals surface area contributed by atoms with Crippen LogP contribution in [0.15, 0.2) is 29.2 Å². The molecular weight excluding hydrogens is 212 g/mol. The lowest BCUT2D eigenvalue weighted by Crippen LogP contribution is -2.02. The zero-order valence-electron chi connectivity index (χ0n) is 8.58. The molecule has 0 N–H and O–H groups in total. The molecule has 0 aliphatic carbocycles. The fourth-order valence-corrected chi connectivity index (χ4v) is 1.93. The van der Waals surface area contributed by atoms with Gasteiger partial charge < -0.3 is 5.53 Å². The molecule has 4 nitrogen and oxygen atoms in total. The van der Waals surface area contributed by atoms with Gasteiger partial charge in [-0.25, -0.2) is 8.42 Å². The van der Waals surface area contributed by atoms with E-state index in [-0.39, 0.29) is 4.90 Å². The van der Waals surface area contributed by atoms with E-state index in [1.54, 1.807) is 12.1 Å². The van der Waals surface area contributed by atoms with Gasteiger partial charge in [-0.2, -0.15) is 4.79 Å². The highest BCUT2D eigenvalue weighted by Crippen LogP contribution is 2.17. The van der Waals surface area contributed by atoms with Gasteiger partial charge in [0.25, 0.3) is 9.84 Å². The maximum absolute atomic E-state index is 11.4. The molecule has 0 aromatic heterocycles. The highest BCUT2D eigenvalue weighted by Gasteiger charge is 2.15. The Kier molecular flexibility index (Phi) is 3.39. The topological polar surface area (TPSA) is 70.5 Å². The molecule has 0 atom stereocenters. The molecule has 0 bridgehead atoms. The Labute approximate surface area is 89.1 Å². The number of sulfone groups is 1. The van der Waals surface area contributed by atoms with Gasteiger partial charge in [-0.3, -0.25) is 0 Å². The predicted octanol–water partition coefficient (Wildman–Crippen LogP) is 1.84. The number of hydrogen-bond donors (Lipinski definition) is 0. The van der Waals surface area contributed by atoms with E-state index >= 15 is 0 Å². The molecular formula is C10H12N2O2S. The summed E-state index contributed by atoms with van der Waals surface area (Å²) in [4.78, 5) is 2.66. The Morgan fingerprint density at radius 2 is 1.80 bits per heavy atom. The summed E-state index contributed by atoms with van der Waals surface area (Å²) in [7, 11) is -3.59. The monoisotopic (exact) mass is 224 g/mol. The Balaban J connectivity index is 3.15. The number of benzene rings is 1. The molecule has 1 aromatic carbocycles. The van der Waals surface area contributed by atoms with Gasteiger partial charge in [-0.1, -0.05) is 26.0 Å². The van der Waals surface area contributed by atoms with Crippen LogP contribution in [0.1, 0.15) is 25.3 Å². The quantitative estimate of drug-likeness (QED) is 0.340. The van der Waals surface area contributed by atoms with E-state index in [2.05, 4.69) is 4.79 Å². The molecule has 0 radical (unpaired) electrons. The fourth-order valence-electron chi connectivity index (χ4n) is 1.17. The maximum atomic E-state index is 11.4. The second-order valence-corrected chi connectivity index (χ2v) is 5.26. The standard InChI is InChI=1S/C10H12N2O2S/c1-8(2)9-3-5-10(6-4-9)15(13,14)7-12-11/h3-8H,1-2H3. The van der Waals surface area contributed by atoms with Crippen LogP contribution in [0.4, 0.5) is 0 Å². The van der Waals surface area contributed by atoms with E-state index in [1.807, 2.05) is 13.8 Å². The van der Waals surface area contributed by atoms with Crippen LogP contribution in [0.25, 0.3) is 5.53 Å². The summed E-state index contributed by atoms with van der Waals surface area (Å²) in [6.45, 7) is 4.05. The largest absolute Gasteiger partial charge is 0.374 e. The molecule has 15 heavy (non-hydrogen) atoms. The van der Waals surface area contributed by atoms with Crippen molar-refractivity contribution < 1.29 is 13.2 Å². The Morgan fingerprint density at radius 3 is 2.20 bits per heavy atom. The van der Waals surface area contributed by atoms with E-state index in [0.29, 0.717) is 11.5 Å². The molecule has 0 aliphatic rings. The molecule has 0 saturated carbocycles. The van der Waals surface area contributed by atoms with Crippen LogP contribution in [-0.2, 0) is 9.84 Å². The lowest BCUT2D eigenvalue weighted by atomic mass is 10.0. The SMILES string of the molecule is CC(C)c1ccc(S(=O)(=O)C=[N+]=[N-])cc1. The van der Waals surface area contributed by atoms with Gasteiger partial charge in [0.15, 0.2) is 0 Å². The van der Waals surface area contributed by atoms with Crippen molar-refractivity contribution in [3.63, 3.8) is 0 Å². The van der Waals surface area contributed by atoms with Crippen molar-refractivity contribution in [3.05, 3.63) is 35.4 Å². The average Bonchev–Trinajstić information content (AvgIpc) is 2.18. The first-order valence-electron chi connectivity index (χ1n) is 4.50. The van der Waals surface area contributed by atoms with Gasteiger partial charge >= 0.3 is 5.55 Å². The lowest BCUT2D eigenvalue weighted by Gasteiger charge is -2.04. The van der Waals surface area contributed by atoms with Crippen LogP contribution in [0.2, 0.25) is 0 Å². The molecule has 0 saturated heterocycles. The summed E-state index contributed by atoms with van der Waals surface area (Å²) in [5.74, 6) is 0.355. The molecule has 0 unspecified atom stereocenters. The third-order valence-electron chi connectivity index (χ3n) is 2.06. The summed E-state index contributed by atoms with van der Waals surface area (Å²) in [6.07, 6.45) is 0. The second-order valence-electron chi connectivity index (χ2n) is 3.49. The van der Waals surface area contributed by atoms with Gasteiger partial charge in [0.05, 0.1) is 4.90 Å². The van der Waals surface area contributed by atoms with Crippen LogP contribution in [0.5, 0.6) is 0 Å². The number of nitrogens with zero attached hydrogens (tertiary/aromatic N) is 2. The first-order valence-corrected chi connectivity index (χ1v) is 6.04. The fraction of sp³-hybridized carbons (Fsp3) is 0.300. The molecule has 1 aromatic rings. The van der Waals surface area contributed by atoms with Crippen LogP contribution >= 0.6 is 0 Å². The van der Waals surface area contributed by atoms with E-state index in [9.17, 15) is 8.42 Å². The summed E-state index contributed by atoms with van der Waals surface area (Å²) < 4.78 is 22.8. The van der Waals surface area contributed by atoms with E-state index in [1.165, 1.54) is 12.1 Å². The first kappa shape index (κ1) is 11.6.